The van der Waals surface area contributed by atoms with Crippen LogP contribution in [0.4, 0.5) is 18.9 Å². The average molecular weight is 401 g/mol. The van der Waals surface area contributed by atoms with E-state index in [0.717, 1.165) is 28.5 Å². The highest BCUT2D eigenvalue weighted by atomic mass is 19.4. The normalized spacial score (nSPS) is 11.6. The summed E-state index contributed by atoms with van der Waals surface area (Å²) in [6.45, 7) is -0.262. The summed E-state index contributed by atoms with van der Waals surface area (Å²) < 4.78 is 51.5. The molecule has 0 aliphatic heterocycles. The number of ether oxygens (including phenoxy) is 2. The van der Waals surface area contributed by atoms with E-state index in [9.17, 15) is 18.0 Å². The molecule has 0 saturated heterocycles. The minimum atomic E-state index is -4.76. The molecule has 0 spiro atoms. The van der Waals surface area contributed by atoms with Gasteiger partial charge in [0.05, 0.1) is 0 Å². The molecule has 0 radical (unpaired) electrons. The van der Waals surface area contributed by atoms with Gasteiger partial charge in [-0.2, -0.15) is 0 Å². The number of carbonyl (C=O) groups is 1. The molecule has 4 rings (SSSR count). The number of hydrogen-bond acceptors (Lipinski definition) is 4. The number of para-hydroxylation sites is 1. The van der Waals surface area contributed by atoms with Crippen LogP contribution in [0.2, 0.25) is 0 Å². The number of alkyl halides is 3. The van der Waals surface area contributed by atoms with Crippen molar-refractivity contribution in [3.63, 3.8) is 0 Å². The average Bonchev–Trinajstić information content (AvgIpc) is 3.05. The molecule has 1 N–H and O–H groups in total. The van der Waals surface area contributed by atoms with Gasteiger partial charge in [-0.05, 0) is 48.5 Å². The number of nitrogens with one attached hydrogen (secondary N) is 1. The number of amides is 1. The zero-order valence-corrected chi connectivity index (χ0v) is 14.8. The molecule has 1 heterocycles. The SMILES string of the molecule is O=C(COc1ccc2oc3ccccc3c2c1)Nc1ccc(OC(F)(F)F)cc1. The largest absolute Gasteiger partial charge is 0.573 e. The molecule has 3 aromatic carbocycles. The molecule has 0 atom stereocenters. The van der Waals surface area contributed by atoms with E-state index in [0.29, 0.717) is 17.0 Å². The van der Waals surface area contributed by atoms with E-state index in [-0.39, 0.29) is 12.4 Å². The third-order valence-corrected chi connectivity index (χ3v) is 4.09. The molecule has 0 fully saturated rings. The van der Waals surface area contributed by atoms with Crippen LogP contribution in [0.25, 0.3) is 21.9 Å². The van der Waals surface area contributed by atoms with Crippen LogP contribution in [0.15, 0.2) is 71.1 Å². The van der Waals surface area contributed by atoms with Crippen LogP contribution < -0.4 is 14.8 Å². The number of halogens is 3. The predicted octanol–water partition coefficient (Wildman–Crippen LogP) is 5.50. The van der Waals surface area contributed by atoms with Crippen molar-refractivity contribution in [1.82, 2.24) is 0 Å². The van der Waals surface area contributed by atoms with Gasteiger partial charge >= 0.3 is 6.36 Å². The number of fused-ring (bicyclic) bond motifs is 3. The summed E-state index contributed by atoms with van der Waals surface area (Å²) in [4.78, 5) is 12.1. The number of benzene rings is 3. The van der Waals surface area contributed by atoms with Crippen molar-refractivity contribution >= 4 is 33.5 Å². The Balaban J connectivity index is 1.38. The van der Waals surface area contributed by atoms with E-state index in [1.807, 2.05) is 24.3 Å². The lowest BCUT2D eigenvalue weighted by atomic mass is 10.1. The second-order valence-electron chi connectivity index (χ2n) is 6.17. The fraction of sp³-hybridized carbons (Fsp3) is 0.0952. The van der Waals surface area contributed by atoms with E-state index in [1.54, 1.807) is 18.2 Å². The Morgan fingerprint density at radius 1 is 0.897 bits per heavy atom. The number of rotatable bonds is 5. The van der Waals surface area contributed by atoms with Crippen molar-refractivity contribution in [2.24, 2.45) is 0 Å². The topological polar surface area (TPSA) is 60.7 Å². The summed E-state index contributed by atoms with van der Waals surface area (Å²) in [6.07, 6.45) is -4.76. The van der Waals surface area contributed by atoms with Crippen molar-refractivity contribution < 1.29 is 31.9 Å². The van der Waals surface area contributed by atoms with E-state index in [2.05, 4.69) is 10.1 Å². The van der Waals surface area contributed by atoms with Crippen LogP contribution in [0.3, 0.4) is 0 Å². The van der Waals surface area contributed by atoms with Crippen LogP contribution in [-0.2, 0) is 4.79 Å². The summed E-state index contributed by atoms with van der Waals surface area (Å²) in [5, 5.41) is 4.36. The van der Waals surface area contributed by atoms with E-state index < -0.39 is 12.3 Å². The van der Waals surface area contributed by atoms with Crippen molar-refractivity contribution in [3.05, 3.63) is 66.7 Å². The number of carbonyl (C=O) groups excluding carboxylic acids is 1. The van der Waals surface area contributed by atoms with Gasteiger partial charge in [-0.3, -0.25) is 4.79 Å². The molecule has 0 aliphatic carbocycles. The Labute approximate surface area is 162 Å². The molecule has 29 heavy (non-hydrogen) atoms. The summed E-state index contributed by atoms with van der Waals surface area (Å²) in [5.41, 5.74) is 1.80. The van der Waals surface area contributed by atoms with Crippen LogP contribution in [0.5, 0.6) is 11.5 Å². The Morgan fingerprint density at radius 3 is 2.34 bits per heavy atom. The molecular weight excluding hydrogens is 387 g/mol. The first-order valence-corrected chi connectivity index (χ1v) is 8.57. The van der Waals surface area contributed by atoms with Gasteiger partial charge in [0.2, 0.25) is 0 Å². The lowest BCUT2D eigenvalue weighted by molar-refractivity contribution is -0.274. The Kier molecular flexibility index (Phi) is 4.75. The third-order valence-electron chi connectivity index (χ3n) is 4.09. The lowest BCUT2D eigenvalue weighted by Gasteiger charge is -2.10. The predicted molar refractivity (Wildman–Crippen MR) is 101 cm³/mol. The van der Waals surface area contributed by atoms with Crippen molar-refractivity contribution in [1.29, 1.82) is 0 Å². The highest BCUT2D eigenvalue weighted by Crippen LogP contribution is 2.31. The minimum Gasteiger partial charge on any atom is -0.484 e. The summed E-state index contributed by atoms with van der Waals surface area (Å²) in [6, 6.07) is 17.7. The second-order valence-corrected chi connectivity index (χ2v) is 6.17. The van der Waals surface area contributed by atoms with Crippen LogP contribution >= 0.6 is 0 Å². The highest BCUT2D eigenvalue weighted by Gasteiger charge is 2.30. The molecule has 0 bridgehead atoms. The maximum atomic E-state index is 12.2. The first kappa shape index (κ1) is 18.7. The Morgan fingerprint density at radius 2 is 1.59 bits per heavy atom. The Bertz CT molecular complexity index is 1170. The standard InChI is InChI=1S/C21H14F3NO4/c22-21(23,24)29-14-7-5-13(6-8-14)25-20(26)12-27-15-9-10-19-17(11-15)16-3-1-2-4-18(16)28-19/h1-11H,12H2,(H,25,26). The number of furan rings is 1. The quantitative estimate of drug-likeness (QED) is 0.480. The molecule has 0 aliphatic rings. The molecule has 0 saturated carbocycles. The number of hydrogen-bond donors (Lipinski definition) is 1. The van der Waals surface area contributed by atoms with Gasteiger partial charge < -0.3 is 19.2 Å². The zero-order valence-electron chi connectivity index (χ0n) is 14.8. The van der Waals surface area contributed by atoms with E-state index >= 15 is 0 Å². The lowest BCUT2D eigenvalue weighted by Crippen LogP contribution is -2.20. The maximum Gasteiger partial charge on any atom is 0.573 e. The second kappa shape index (κ2) is 7.38. The van der Waals surface area contributed by atoms with Crippen LogP contribution in [0, 0.1) is 0 Å². The molecule has 5 nitrogen and oxygen atoms in total. The summed E-state index contributed by atoms with van der Waals surface area (Å²) >= 11 is 0. The van der Waals surface area contributed by atoms with Crippen molar-refractivity contribution in [2.75, 3.05) is 11.9 Å². The molecule has 8 heteroatoms. The van der Waals surface area contributed by atoms with Gasteiger partial charge in [0, 0.05) is 16.5 Å². The molecule has 148 valence electrons. The Hall–Kier alpha value is -3.68. The van der Waals surface area contributed by atoms with Gasteiger partial charge in [0.15, 0.2) is 6.61 Å². The highest BCUT2D eigenvalue weighted by molar-refractivity contribution is 6.05. The van der Waals surface area contributed by atoms with Gasteiger partial charge in [-0.25, -0.2) is 0 Å². The zero-order chi connectivity index (χ0) is 20.4. The first-order valence-electron chi connectivity index (χ1n) is 8.57. The van der Waals surface area contributed by atoms with E-state index in [4.69, 9.17) is 9.15 Å². The van der Waals surface area contributed by atoms with E-state index in [1.165, 1.54) is 12.1 Å². The molecule has 4 aromatic rings. The van der Waals surface area contributed by atoms with Gasteiger partial charge in [0.25, 0.3) is 5.91 Å². The fourth-order valence-electron chi connectivity index (χ4n) is 2.88. The van der Waals surface area contributed by atoms with Crippen molar-refractivity contribution in [3.8, 4) is 11.5 Å². The molecular formula is C21H14F3NO4. The van der Waals surface area contributed by atoms with Crippen LogP contribution in [-0.4, -0.2) is 18.9 Å². The molecule has 1 aromatic heterocycles. The molecule has 0 unspecified atom stereocenters. The van der Waals surface area contributed by atoms with Gasteiger partial charge in [0.1, 0.15) is 22.7 Å². The minimum absolute atomic E-state index is 0.262. The number of anilines is 1. The summed E-state index contributed by atoms with van der Waals surface area (Å²) in [7, 11) is 0. The monoisotopic (exact) mass is 401 g/mol. The van der Waals surface area contributed by atoms with Crippen molar-refractivity contribution in [2.45, 2.75) is 6.36 Å². The third kappa shape index (κ3) is 4.43. The fourth-order valence-corrected chi connectivity index (χ4v) is 2.88. The van der Waals surface area contributed by atoms with Gasteiger partial charge in [-0.1, -0.05) is 18.2 Å². The van der Waals surface area contributed by atoms with Gasteiger partial charge in [-0.15, -0.1) is 13.2 Å². The summed E-state index contributed by atoms with van der Waals surface area (Å²) in [5.74, 6) is -0.327. The molecule has 1 amide bonds. The van der Waals surface area contributed by atoms with Crippen LogP contribution in [0.1, 0.15) is 0 Å². The smallest absolute Gasteiger partial charge is 0.484 e. The maximum absolute atomic E-state index is 12.2. The first-order chi connectivity index (χ1) is 13.9.